The van der Waals surface area contributed by atoms with E-state index in [1.807, 2.05) is 0 Å². The molecule has 0 amide bonds. The number of nitrogens with two attached hydrogens (primary N) is 1. The van der Waals surface area contributed by atoms with Crippen LogP contribution < -0.4 is 11.1 Å². The number of hydrogen-bond donors (Lipinski definition) is 2. The highest BCUT2D eigenvalue weighted by atomic mass is 15.2. The maximum atomic E-state index is 6.08. The second-order valence-electron chi connectivity index (χ2n) is 6.19. The van der Waals surface area contributed by atoms with Gasteiger partial charge in [0.15, 0.2) is 5.96 Å². The number of nitrogens with zero attached hydrogens (tertiary/aromatic N) is 2. The molecule has 1 aromatic rings. The zero-order valence-corrected chi connectivity index (χ0v) is 14.3. The minimum Gasteiger partial charge on any atom is -0.370 e. The van der Waals surface area contributed by atoms with E-state index in [0.29, 0.717) is 12.5 Å². The third kappa shape index (κ3) is 4.74. The normalized spacial score (nSPS) is 12.8. The molecule has 4 nitrogen and oxygen atoms in total. The lowest BCUT2D eigenvalue weighted by Gasteiger charge is -2.30. The van der Waals surface area contributed by atoms with E-state index in [1.54, 1.807) is 0 Å². The zero-order valence-electron chi connectivity index (χ0n) is 14.3. The van der Waals surface area contributed by atoms with E-state index in [-0.39, 0.29) is 5.54 Å². The van der Waals surface area contributed by atoms with E-state index in [1.165, 1.54) is 11.1 Å². The average Bonchev–Trinajstić information content (AvgIpc) is 2.45. The molecule has 0 aliphatic carbocycles. The molecule has 0 aliphatic heterocycles. The minimum atomic E-state index is -0.00976. The van der Waals surface area contributed by atoms with Crippen LogP contribution in [0.3, 0.4) is 0 Å². The van der Waals surface area contributed by atoms with Crippen LogP contribution in [0.5, 0.6) is 0 Å². The number of aryl methyl sites for hydroxylation is 2. The molecular weight excluding hydrogens is 260 g/mol. The van der Waals surface area contributed by atoms with Gasteiger partial charge in [0.05, 0.1) is 6.54 Å². The number of anilines is 1. The molecule has 0 radical (unpaired) electrons. The van der Waals surface area contributed by atoms with Gasteiger partial charge in [-0.15, -0.1) is 0 Å². The predicted octanol–water partition coefficient (Wildman–Crippen LogP) is 2.88. The van der Waals surface area contributed by atoms with E-state index >= 15 is 0 Å². The van der Waals surface area contributed by atoms with E-state index in [4.69, 9.17) is 5.73 Å². The third-order valence-electron chi connectivity index (χ3n) is 4.10. The smallest absolute Gasteiger partial charge is 0.193 e. The van der Waals surface area contributed by atoms with Gasteiger partial charge in [0.25, 0.3) is 0 Å². The van der Waals surface area contributed by atoms with Crippen LogP contribution in [0.15, 0.2) is 23.2 Å². The summed E-state index contributed by atoms with van der Waals surface area (Å²) < 4.78 is 0. The fourth-order valence-corrected chi connectivity index (χ4v) is 1.99. The monoisotopic (exact) mass is 290 g/mol. The van der Waals surface area contributed by atoms with Crippen LogP contribution in [-0.4, -0.2) is 37.0 Å². The van der Waals surface area contributed by atoms with Gasteiger partial charge in [-0.3, -0.25) is 4.99 Å². The van der Waals surface area contributed by atoms with Crippen molar-refractivity contribution < 1.29 is 0 Å². The second-order valence-corrected chi connectivity index (χ2v) is 6.19. The molecule has 0 heterocycles. The van der Waals surface area contributed by atoms with Crippen LogP contribution in [0.1, 0.15) is 38.8 Å². The Morgan fingerprint density at radius 2 is 1.71 bits per heavy atom. The Morgan fingerprint density at radius 1 is 1.19 bits per heavy atom. The number of guanidine groups is 1. The highest BCUT2D eigenvalue weighted by Crippen LogP contribution is 2.22. The molecule has 0 saturated heterocycles. The summed E-state index contributed by atoms with van der Waals surface area (Å²) in [4.78, 5) is 6.66. The van der Waals surface area contributed by atoms with Crippen molar-refractivity contribution in [3.63, 3.8) is 0 Å². The largest absolute Gasteiger partial charge is 0.370 e. The fourth-order valence-electron chi connectivity index (χ4n) is 1.99. The number of aliphatic imine (C=N–C) groups is 1. The lowest BCUT2D eigenvalue weighted by Crippen LogP contribution is -2.42. The van der Waals surface area contributed by atoms with E-state index < -0.39 is 0 Å². The molecule has 0 spiro atoms. The average molecular weight is 290 g/mol. The number of para-hydroxylation sites is 1. The first kappa shape index (κ1) is 17.5. The first-order valence-corrected chi connectivity index (χ1v) is 7.67. The molecule has 0 aliphatic rings. The second kappa shape index (κ2) is 7.46. The standard InChI is InChI=1S/C17H30N4/c1-7-13-10-9-11-14(8-2)15(13)20-16(18)19-12-17(3,4)21(5)6/h9-11H,7-8,12H2,1-6H3,(H3,18,19,20). The molecule has 0 unspecified atom stereocenters. The topological polar surface area (TPSA) is 53.6 Å². The lowest BCUT2D eigenvalue weighted by atomic mass is 10.0. The summed E-state index contributed by atoms with van der Waals surface area (Å²) in [6.45, 7) is 9.28. The molecular formula is C17H30N4. The summed E-state index contributed by atoms with van der Waals surface area (Å²) in [5.41, 5.74) is 9.74. The molecule has 0 fully saturated rings. The van der Waals surface area contributed by atoms with Crippen LogP contribution in [0.2, 0.25) is 0 Å². The quantitative estimate of drug-likeness (QED) is 0.625. The molecule has 0 bridgehead atoms. The Hall–Kier alpha value is -1.55. The van der Waals surface area contributed by atoms with E-state index in [2.05, 4.69) is 75.2 Å². The van der Waals surface area contributed by atoms with E-state index in [0.717, 1.165) is 18.5 Å². The van der Waals surface area contributed by atoms with Gasteiger partial charge in [-0.05, 0) is 51.9 Å². The van der Waals surface area contributed by atoms with Crippen LogP contribution in [0, 0.1) is 0 Å². The van der Waals surface area contributed by atoms with Crippen molar-refractivity contribution in [2.45, 2.75) is 46.1 Å². The molecule has 0 aromatic heterocycles. The van der Waals surface area contributed by atoms with Gasteiger partial charge in [-0.25, -0.2) is 0 Å². The maximum Gasteiger partial charge on any atom is 0.193 e. The first-order chi connectivity index (χ1) is 9.81. The fraction of sp³-hybridized carbons (Fsp3) is 0.588. The summed E-state index contributed by atoms with van der Waals surface area (Å²) in [6.07, 6.45) is 1.96. The Morgan fingerprint density at radius 3 is 2.14 bits per heavy atom. The number of likely N-dealkylation sites (N-methyl/N-ethyl adjacent to an activating group) is 1. The van der Waals surface area contributed by atoms with Gasteiger partial charge in [0, 0.05) is 11.2 Å². The predicted molar refractivity (Wildman–Crippen MR) is 93.1 cm³/mol. The van der Waals surface area contributed by atoms with Crippen LogP contribution in [0.4, 0.5) is 5.69 Å². The van der Waals surface area contributed by atoms with Crippen LogP contribution in [-0.2, 0) is 12.8 Å². The summed E-state index contributed by atoms with van der Waals surface area (Å²) in [5, 5.41) is 3.30. The van der Waals surface area contributed by atoms with Gasteiger partial charge in [0.1, 0.15) is 0 Å². The third-order valence-corrected chi connectivity index (χ3v) is 4.10. The molecule has 0 atom stereocenters. The molecule has 118 valence electrons. The van der Waals surface area contributed by atoms with Gasteiger partial charge in [-0.2, -0.15) is 0 Å². The molecule has 21 heavy (non-hydrogen) atoms. The van der Waals surface area contributed by atoms with Crippen LogP contribution in [0.25, 0.3) is 0 Å². The van der Waals surface area contributed by atoms with E-state index in [9.17, 15) is 0 Å². The first-order valence-electron chi connectivity index (χ1n) is 7.67. The van der Waals surface area contributed by atoms with Gasteiger partial charge in [0.2, 0.25) is 0 Å². The Bertz CT molecular complexity index is 467. The van der Waals surface area contributed by atoms with Crippen molar-refractivity contribution in [2.75, 3.05) is 26.0 Å². The van der Waals surface area contributed by atoms with Gasteiger partial charge < -0.3 is 16.0 Å². The summed E-state index contributed by atoms with van der Waals surface area (Å²) in [5.74, 6) is 0.487. The van der Waals surface area contributed by atoms with Crippen LogP contribution >= 0.6 is 0 Å². The highest BCUT2D eigenvalue weighted by Gasteiger charge is 2.19. The van der Waals surface area contributed by atoms with Crippen molar-refractivity contribution in [1.82, 2.24) is 4.90 Å². The molecule has 4 heteroatoms. The molecule has 1 aromatic carbocycles. The van der Waals surface area contributed by atoms with Crippen molar-refractivity contribution >= 4 is 11.6 Å². The van der Waals surface area contributed by atoms with Gasteiger partial charge in [-0.1, -0.05) is 32.0 Å². The summed E-state index contributed by atoms with van der Waals surface area (Å²) in [6, 6.07) is 6.38. The van der Waals surface area contributed by atoms with Gasteiger partial charge >= 0.3 is 0 Å². The summed E-state index contributed by atoms with van der Waals surface area (Å²) in [7, 11) is 4.11. The highest BCUT2D eigenvalue weighted by molar-refractivity contribution is 5.93. The number of hydrogen-bond acceptors (Lipinski definition) is 2. The molecule has 3 N–H and O–H groups in total. The molecule has 0 saturated carbocycles. The van der Waals surface area contributed by atoms with Crippen molar-refractivity contribution in [3.05, 3.63) is 29.3 Å². The number of nitrogens with one attached hydrogen (secondary N) is 1. The Balaban J connectivity index is 2.90. The Kier molecular flexibility index (Phi) is 6.21. The van der Waals surface area contributed by atoms with Crippen molar-refractivity contribution in [2.24, 2.45) is 10.7 Å². The Labute approximate surface area is 129 Å². The maximum absolute atomic E-state index is 6.08. The lowest BCUT2D eigenvalue weighted by molar-refractivity contribution is 0.205. The molecule has 1 rings (SSSR count). The van der Waals surface area contributed by atoms with Crippen molar-refractivity contribution in [1.29, 1.82) is 0 Å². The minimum absolute atomic E-state index is 0.00976. The summed E-state index contributed by atoms with van der Waals surface area (Å²) >= 11 is 0. The van der Waals surface area contributed by atoms with Crippen molar-refractivity contribution in [3.8, 4) is 0 Å². The zero-order chi connectivity index (χ0) is 16.0. The number of benzene rings is 1. The number of rotatable bonds is 6. The SMILES string of the molecule is CCc1cccc(CC)c1NC(N)=NCC(C)(C)N(C)C.